The molecule has 0 spiro atoms. The number of aliphatic hydroxyl groups is 1. The Morgan fingerprint density at radius 3 is 2.55 bits per heavy atom. The number of nitrogens with zero attached hydrogens (tertiary/aromatic N) is 1. The van der Waals surface area contributed by atoms with E-state index in [9.17, 15) is 13.2 Å². The topological polar surface area (TPSA) is 23.5 Å². The maximum atomic E-state index is 12.6. The van der Waals surface area contributed by atoms with E-state index in [1.54, 1.807) is 12.1 Å². The van der Waals surface area contributed by atoms with Gasteiger partial charge in [-0.25, -0.2) is 0 Å². The number of alkyl halides is 3. The summed E-state index contributed by atoms with van der Waals surface area (Å²) < 4.78 is 37.7. The Morgan fingerprint density at radius 2 is 1.95 bits per heavy atom. The quantitative estimate of drug-likeness (QED) is 0.919. The highest BCUT2D eigenvalue weighted by Gasteiger charge is 2.60. The van der Waals surface area contributed by atoms with Gasteiger partial charge in [0.1, 0.15) is 0 Å². The number of hydrogen-bond donors (Lipinski definition) is 1. The van der Waals surface area contributed by atoms with Crippen LogP contribution in [-0.4, -0.2) is 36.2 Å². The molecule has 1 aromatic rings. The molecule has 2 fully saturated rings. The highest BCUT2D eigenvalue weighted by atomic mass is 19.4. The lowest BCUT2D eigenvalue weighted by Gasteiger charge is -2.21. The summed E-state index contributed by atoms with van der Waals surface area (Å²) in [5.74, 6) is 0.568. The lowest BCUT2D eigenvalue weighted by molar-refractivity contribution is -0.137. The van der Waals surface area contributed by atoms with Crippen molar-refractivity contribution < 1.29 is 18.3 Å². The van der Waals surface area contributed by atoms with Crippen LogP contribution in [-0.2, 0) is 11.6 Å². The second kappa shape index (κ2) is 4.74. The summed E-state index contributed by atoms with van der Waals surface area (Å²) in [6.07, 6.45) is -2.42. The van der Waals surface area contributed by atoms with Gasteiger partial charge in [0.05, 0.1) is 5.56 Å². The standard InChI is InChI=1S/C15H18F3NO/c16-15(17,18)12-4-2-11(3-5-12)14-8-13(14)9-19(10-14)6-1-7-20/h2-5,13,20H,1,6-10H2. The summed E-state index contributed by atoms with van der Waals surface area (Å²) in [7, 11) is 0. The molecule has 2 atom stereocenters. The third-order valence-corrected chi connectivity index (χ3v) is 4.64. The molecule has 1 N–H and O–H groups in total. The molecular weight excluding hydrogens is 267 g/mol. The van der Waals surface area contributed by atoms with Crippen molar-refractivity contribution in [2.24, 2.45) is 5.92 Å². The minimum atomic E-state index is -4.26. The average Bonchev–Trinajstić information content (AvgIpc) is 2.99. The van der Waals surface area contributed by atoms with E-state index < -0.39 is 11.7 Å². The van der Waals surface area contributed by atoms with Crippen LogP contribution in [0.15, 0.2) is 24.3 Å². The third-order valence-electron chi connectivity index (χ3n) is 4.64. The molecule has 1 saturated carbocycles. The molecule has 1 aliphatic carbocycles. The molecular formula is C15H18F3NO. The van der Waals surface area contributed by atoms with Crippen molar-refractivity contribution in [1.82, 2.24) is 4.90 Å². The fourth-order valence-corrected chi connectivity index (χ4v) is 3.49. The molecule has 2 aliphatic rings. The summed E-state index contributed by atoms with van der Waals surface area (Å²) in [6.45, 7) is 2.97. The first kappa shape index (κ1) is 13.9. The zero-order valence-electron chi connectivity index (χ0n) is 11.2. The Hall–Kier alpha value is -1.07. The van der Waals surface area contributed by atoms with Crippen LogP contribution in [0, 0.1) is 5.92 Å². The van der Waals surface area contributed by atoms with Crippen molar-refractivity contribution in [2.75, 3.05) is 26.2 Å². The predicted molar refractivity (Wildman–Crippen MR) is 69.4 cm³/mol. The summed E-state index contributed by atoms with van der Waals surface area (Å²) in [5, 5.41) is 8.86. The van der Waals surface area contributed by atoms with Crippen molar-refractivity contribution in [3.63, 3.8) is 0 Å². The van der Waals surface area contributed by atoms with Crippen LogP contribution >= 0.6 is 0 Å². The zero-order valence-corrected chi connectivity index (χ0v) is 11.2. The van der Waals surface area contributed by atoms with Crippen molar-refractivity contribution in [2.45, 2.75) is 24.4 Å². The molecule has 2 unspecified atom stereocenters. The zero-order chi connectivity index (χ0) is 14.4. The van der Waals surface area contributed by atoms with Gasteiger partial charge in [0.25, 0.3) is 0 Å². The van der Waals surface area contributed by atoms with Gasteiger partial charge in [-0.1, -0.05) is 12.1 Å². The summed E-state index contributed by atoms with van der Waals surface area (Å²) in [4.78, 5) is 2.31. The first-order valence-electron chi connectivity index (χ1n) is 6.97. The molecule has 3 rings (SSSR count). The molecule has 110 valence electrons. The van der Waals surface area contributed by atoms with Crippen LogP contribution in [0.4, 0.5) is 13.2 Å². The monoisotopic (exact) mass is 285 g/mol. The molecule has 2 nitrogen and oxygen atoms in total. The average molecular weight is 285 g/mol. The van der Waals surface area contributed by atoms with Crippen LogP contribution in [0.3, 0.4) is 0 Å². The molecule has 1 saturated heterocycles. The minimum Gasteiger partial charge on any atom is -0.396 e. The maximum absolute atomic E-state index is 12.6. The van der Waals surface area contributed by atoms with Crippen LogP contribution in [0.2, 0.25) is 0 Å². The molecule has 5 heteroatoms. The predicted octanol–water partition coefficient (Wildman–Crippen LogP) is 2.66. The highest BCUT2D eigenvalue weighted by molar-refractivity contribution is 5.39. The number of likely N-dealkylation sites (tertiary alicyclic amines) is 1. The molecule has 1 aliphatic heterocycles. The second-order valence-corrected chi connectivity index (χ2v) is 5.94. The fourth-order valence-electron chi connectivity index (χ4n) is 3.49. The fraction of sp³-hybridized carbons (Fsp3) is 0.600. The number of aliphatic hydroxyl groups excluding tert-OH is 1. The second-order valence-electron chi connectivity index (χ2n) is 5.94. The van der Waals surface area contributed by atoms with Crippen molar-refractivity contribution >= 4 is 0 Å². The minimum absolute atomic E-state index is 0.0690. The van der Waals surface area contributed by atoms with Gasteiger partial charge in [-0.3, -0.25) is 0 Å². The van der Waals surface area contributed by atoms with Crippen molar-refractivity contribution in [3.05, 3.63) is 35.4 Å². The molecule has 1 heterocycles. The van der Waals surface area contributed by atoms with Gasteiger partial charge in [-0.2, -0.15) is 13.2 Å². The molecule has 1 aromatic carbocycles. The van der Waals surface area contributed by atoms with E-state index in [-0.39, 0.29) is 12.0 Å². The van der Waals surface area contributed by atoms with Gasteiger partial charge in [0, 0.05) is 31.7 Å². The maximum Gasteiger partial charge on any atom is 0.416 e. The van der Waals surface area contributed by atoms with E-state index in [1.807, 2.05) is 0 Å². The van der Waals surface area contributed by atoms with Crippen LogP contribution in [0.1, 0.15) is 24.0 Å². The number of hydrogen-bond acceptors (Lipinski definition) is 2. The summed E-state index contributed by atoms with van der Waals surface area (Å²) in [5.41, 5.74) is 0.520. The van der Waals surface area contributed by atoms with Crippen molar-refractivity contribution in [1.29, 1.82) is 0 Å². The first-order valence-corrected chi connectivity index (χ1v) is 6.97. The lowest BCUT2D eigenvalue weighted by atomic mass is 9.94. The summed E-state index contributed by atoms with van der Waals surface area (Å²) in [6, 6.07) is 5.66. The van der Waals surface area contributed by atoms with Gasteiger partial charge in [0.2, 0.25) is 0 Å². The molecule has 0 aromatic heterocycles. The van der Waals surface area contributed by atoms with E-state index in [1.165, 1.54) is 12.1 Å². The Bertz CT molecular complexity index is 485. The van der Waals surface area contributed by atoms with Gasteiger partial charge in [-0.15, -0.1) is 0 Å². The number of rotatable bonds is 4. The van der Waals surface area contributed by atoms with Gasteiger partial charge < -0.3 is 10.0 Å². The number of halogens is 3. The van der Waals surface area contributed by atoms with Crippen LogP contribution in [0.25, 0.3) is 0 Å². The molecule has 0 amide bonds. The molecule has 0 bridgehead atoms. The third kappa shape index (κ3) is 2.33. The van der Waals surface area contributed by atoms with E-state index in [0.29, 0.717) is 5.92 Å². The van der Waals surface area contributed by atoms with E-state index in [2.05, 4.69) is 4.90 Å². The number of fused-ring (bicyclic) bond motifs is 1. The van der Waals surface area contributed by atoms with Gasteiger partial charge >= 0.3 is 6.18 Å². The highest BCUT2D eigenvalue weighted by Crippen LogP contribution is 2.59. The largest absolute Gasteiger partial charge is 0.416 e. The van der Waals surface area contributed by atoms with Gasteiger partial charge in [-0.05, 0) is 36.5 Å². The lowest BCUT2D eigenvalue weighted by Crippen LogP contribution is -2.28. The van der Waals surface area contributed by atoms with E-state index >= 15 is 0 Å². The SMILES string of the molecule is OCCCN1CC2CC2(c2ccc(C(F)(F)F)cc2)C1. The molecule has 20 heavy (non-hydrogen) atoms. The molecule has 0 radical (unpaired) electrons. The first-order chi connectivity index (χ1) is 9.45. The number of piperidine rings is 1. The van der Waals surface area contributed by atoms with Crippen LogP contribution in [0.5, 0.6) is 0 Å². The van der Waals surface area contributed by atoms with E-state index in [4.69, 9.17) is 5.11 Å². The summed E-state index contributed by atoms with van der Waals surface area (Å²) >= 11 is 0. The normalized spacial score (nSPS) is 29.5. The Morgan fingerprint density at radius 1 is 1.25 bits per heavy atom. The number of benzene rings is 1. The van der Waals surface area contributed by atoms with Gasteiger partial charge in [0.15, 0.2) is 0 Å². The Labute approximate surface area is 116 Å². The Balaban J connectivity index is 1.71. The van der Waals surface area contributed by atoms with Crippen LogP contribution < -0.4 is 0 Å². The van der Waals surface area contributed by atoms with E-state index in [0.717, 1.165) is 38.0 Å². The Kier molecular flexibility index (Phi) is 3.29. The smallest absolute Gasteiger partial charge is 0.396 e. The van der Waals surface area contributed by atoms with Crippen molar-refractivity contribution in [3.8, 4) is 0 Å².